The van der Waals surface area contributed by atoms with Gasteiger partial charge in [0, 0.05) is 39.3 Å². The Bertz CT molecular complexity index is 360. The van der Waals surface area contributed by atoms with Crippen molar-refractivity contribution in [1.82, 2.24) is 15.1 Å². The fraction of sp³-hybridized carbons (Fsp3) is 0.647. The van der Waals surface area contributed by atoms with E-state index in [1.165, 1.54) is 38.2 Å². The highest BCUT2D eigenvalue weighted by molar-refractivity contribution is 5.20. The number of hydrogen-bond donors (Lipinski definition) is 1. The minimum atomic E-state index is 0.745. The van der Waals surface area contributed by atoms with Crippen LogP contribution in [0.25, 0.3) is 0 Å². The van der Waals surface area contributed by atoms with E-state index in [0.29, 0.717) is 0 Å². The van der Waals surface area contributed by atoms with Gasteiger partial charge >= 0.3 is 0 Å². The van der Waals surface area contributed by atoms with Crippen molar-refractivity contribution in [2.75, 3.05) is 45.9 Å². The van der Waals surface area contributed by atoms with Crippen LogP contribution in [-0.2, 0) is 0 Å². The molecular formula is C17H29N3. The lowest BCUT2D eigenvalue weighted by Crippen LogP contribution is -2.47. The summed E-state index contributed by atoms with van der Waals surface area (Å²) in [6.45, 7) is 12.3. The number of piperazine rings is 1. The maximum Gasteiger partial charge on any atom is 0.0507 e. The Balaban J connectivity index is 0.000000704. The molecule has 112 valence electrons. The minimum Gasteiger partial charge on any atom is -0.314 e. The molecule has 0 bridgehead atoms. The van der Waals surface area contributed by atoms with E-state index in [-0.39, 0.29) is 0 Å². The Morgan fingerprint density at radius 3 is 2.40 bits per heavy atom. The van der Waals surface area contributed by atoms with E-state index >= 15 is 0 Å². The number of rotatable bonds is 3. The Kier molecular flexibility index (Phi) is 6.51. The molecular weight excluding hydrogens is 246 g/mol. The monoisotopic (exact) mass is 275 g/mol. The maximum absolute atomic E-state index is 3.41. The largest absolute Gasteiger partial charge is 0.314 e. The van der Waals surface area contributed by atoms with E-state index < -0.39 is 0 Å². The van der Waals surface area contributed by atoms with Crippen molar-refractivity contribution in [2.45, 2.75) is 26.2 Å². The van der Waals surface area contributed by atoms with Gasteiger partial charge in [-0.05, 0) is 17.9 Å². The summed E-state index contributed by atoms with van der Waals surface area (Å²) in [4.78, 5) is 5.19. The zero-order valence-electron chi connectivity index (χ0n) is 13.0. The van der Waals surface area contributed by atoms with Crippen molar-refractivity contribution in [3.05, 3.63) is 35.9 Å². The third kappa shape index (κ3) is 4.30. The summed E-state index contributed by atoms with van der Waals surface area (Å²) in [5.74, 6) is 0.745. The molecule has 0 aliphatic carbocycles. The quantitative estimate of drug-likeness (QED) is 0.913. The zero-order valence-corrected chi connectivity index (χ0v) is 13.0. The summed E-state index contributed by atoms with van der Waals surface area (Å²) in [5, 5.41) is 3.41. The first-order chi connectivity index (χ1) is 9.92. The first-order valence-electron chi connectivity index (χ1n) is 8.12. The summed E-state index contributed by atoms with van der Waals surface area (Å²) in [7, 11) is 0. The zero-order chi connectivity index (χ0) is 14.2. The molecule has 1 N–H and O–H groups in total. The summed E-state index contributed by atoms with van der Waals surface area (Å²) >= 11 is 0. The van der Waals surface area contributed by atoms with E-state index in [9.17, 15) is 0 Å². The molecule has 2 aliphatic rings. The number of nitrogens with one attached hydrogen (secondary N) is 1. The second kappa shape index (κ2) is 8.40. The van der Waals surface area contributed by atoms with Crippen molar-refractivity contribution in [1.29, 1.82) is 0 Å². The molecule has 2 saturated heterocycles. The fourth-order valence-electron chi connectivity index (χ4n) is 3.09. The molecule has 1 aromatic rings. The van der Waals surface area contributed by atoms with Gasteiger partial charge in [-0.2, -0.15) is 0 Å². The van der Waals surface area contributed by atoms with Gasteiger partial charge in [-0.15, -0.1) is 0 Å². The predicted molar refractivity (Wildman–Crippen MR) is 86.0 cm³/mol. The number of benzene rings is 1. The third-order valence-corrected chi connectivity index (χ3v) is 4.15. The van der Waals surface area contributed by atoms with Crippen LogP contribution in [0.3, 0.4) is 0 Å². The number of likely N-dealkylation sites (tertiary alicyclic amines) is 1. The van der Waals surface area contributed by atoms with E-state index in [1.54, 1.807) is 0 Å². The Hall–Kier alpha value is -0.900. The van der Waals surface area contributed by atoms with Crippen molar-refractivity contribution in [3.8, 4) is 0 Å². The average Bonchev–Trinajstić information content (AvgIpc) is 3.00. The number of nitrogens with zero attached hydrogens (tertiary/aromatic N) is 2. The van der Waals surface area contributed by atoms with E-state index in [4.69, 9.17) is 0 Å². The lowest BCUT2D eigenvalue weighted by atomic mass is 9.99. The summed E-state index contributed by atoms with van der Waals surface area (Å²) in [6.07, 6.45) is 1.32. The van der Waals surface area contributed by atoms with E-state index in [2.05, 4.69) is 45.4 Å². The highest BCUT2D eigenvalue weighted by Crippen LogP contribution is 2.26. The summed E-state index contributed by atoms with van der Waals surface area (Å²) in [5.41, 5.74) is 1.51. The van der Waals surface area contributed by atoms with Gasteiger partial charge in [0.2, 0.25) is 0 Å². The molecule has 0 spiro atoms. The lowest BCUT2D eigenvalue weighted by molar-refractivity contribution is 0.138. The smallest absolute Gasteiger partial charge is 0.0507 e. The SMILES string of the molecule is CC.c1ccc(C2CCN(CN3CCNCC3)C2)cc1. The van der Waals surface area contributed by atoms with Crippen LogP contribution in [0.15, 0.2) is 30.3 Å². The lowest BCUT2D eigenvalue weighted by Gasteiger charge is -2.31. The normalized spacial score (nSPS) is 24.2. The molecule has 0 saturated carbocycles. The van der Waals surface area contributed by atoms with Gasteiger partial charge < -0.3 is 5.32 Å². The van der Waals surface area contributed by atoms with E-state index in [1.807, 2.05) is 13.8 Å². The standard InChI is InChI=1S/C15H23N3.C2H6/c1-2-4-14(5-3-1)15-6-9-18(12-15)13-17-10-7-16-8-11-17;1-2/h1-5,15-16H,6-13H2;1-2H3. The molecule has 3 rings (SSSR count). The van der Waals surface area contributed by atoms with Crippen LogP contribution in [0.5, 0.6) is 0 Å². The highest BCUT2D eigenvalue weighted by Gasteiger charge is 2.25. The van der Waals surface area contributed by atoms with E-state index in [0.717, 1.165) is 25.7 Å². The Morgan fingerprint density at radius 1 is 1.00 bits per heavy atom. The fourth-order valence-corrected chi connectivity index (χ4v) is 3.09. The van der Waals surface area contributed by atoms with Crippen LogP contribution < -0.4 is 5.32 Å². The van der Waals surface area contributed by atoms with Gasteiger partial charge in [-0.1, -0.05) is 44.2 Å². The van der Waals surface area contributed by atoms with Gasteiger partial charge in [0.15, 0.2) is 0 Å². The second-order valence-corrected chi connectivity index (χ2v) is 5.48. The molecule has 0 amide bonds. The van der Waals surface area contributed by atoms with Crippen LogP contribution in [0.2, 0.25) is 0 Å². The van der Waals surface area contributed by atoms with Crippen LogP contribution >= 0.6 is 0 Å². The third-order valence-electron chi connectivity index (χ3n) is 4.15. The molecule has 2 heterocycles. The van der Waals surface area contributed by atoms with Crippen LogP contribution in [0, 0.1) is 0 Å². The molecule has 1 atom stereocenters. The van der Waals surface area contributed by atoms with Crippen LogP contribution in [-0.4, -0.2) is 55.7 Å². The Morgan fingerprint density at radius 2 is 1.70 bits per heavy atom. The molecule has 20 heavy (non-hydrogen) atoms. The summed E-state index contributed by atoms with van der Waals surface area (Å²) in [6, 6.07) is 11.0. The van der Waals surface area contributed by atoms with Crippen molar-refractivity contribution >= 4 is 0 Å². The predicted octanol–water partition coefficient (Wildman–Crippen LogP) is 2.36. The van der Waals surface area contributed by atoms with Gasteiger partial charge in [0.25, 0.3) is 0 Å². The molecule has 0 aromatic heterocycles. The van der Waals surface area contributed by atoms with Gasteiger partial charge in [0.1, 0.15) is 0 Å². The van der Waals surface area contributed by atoms with Crippen molar-refractivity contribution < 1.29 is 0 Å². The molecule has 2 fully saturated rings. The molecule has 3 heteroatoms. The van der Waals surface area contributed by atoms with Crippen LogP contribution in [0.1, 0.15) is 31.7 Å². The molecule has 2 aliphatic heterocycles. The first kappa shape index (κ1) is 15.5. The van der Waals surface area contributed by atoms with Crippen LogP contribution in [0.4, 0.5) is 0 Å². The minimum absolute atomic E-state index is 0.745. The Labute approximate surface area is 124 Å². The van der Waals surface area contributed by atoms with Gasteiger partial charge in [-0.3, -0.25) is 9.80 Å². The average molecular weight is 275 g/mol. The van der Waals surface area contributed by atoms with Crippen molar-refractivity contribution in [3.63, 3.8) is 0 Å². The first-order valence-corrected chi connectivity index (χ1v) is 8.12. The summed E-state index contributed by atoms with van der Waals surface area (Å²) < 4.78 is 0. The maximum atomic E-state index is 3.41. The topological polar surface area (TPSA) is 18.5 Å². The molecule has 0 radical (unpaired) electrons. The molecule has 1 aromatic carbocycles. The molecule has 1 unspecified atom stereocenters. The molecule has 3 nitrogen and oxygen atoms in total. The second-order valence-electron chi connectivity index (χ2n) is 5.48. The van der Waals surface area contributed by atoms with Gasteiger partial charge in [-0.25, -0.2) is 0 Å². The van der Waals surface area contributed by atoms with Gasteiger partial charge in [0.05, 0.1) is 6.67 Å². The highest BCUT2D eigenvalue weighted by atomic mass is 15.3. The number of hydrogen-bond acceptors (Lipinski definition) is 3. The van der Waals surface area contributed by atoms with Crippen molar-refractivity contribution in [2.24, 2.45) is 0 Å².